The zero-order valence-corrected chi connectivity index (χ0v) is 6.72. The van der Waals surface area contributed by atoms with Crippen LogP contribution in [0.1, 0.15) is 13.8 Å². The first-order valence-electron chi connectivity index (χ1n) is 3.47. The second kappa shape index (κ2) is 5.21. The molecule has 2 nitrogen and oxygen atoms in total. The summed E-state index contributed by atoms with van der Waals surface area (Å²) in [5.74, 6) is 0. The minimum Gasteiger partial charge on any atom is -0.327 e. The summed E-state index contributed by atoms with van der Waals surface area (Å²) in [6.45, 7) is 5.17. The van der Waals surface area contributed by atoms with Crippen LogP contribution in [0.2, 0.25) is 0 Å². The summed E-state index contributed by atoms with van der Waals surface area (Å²) in [5.41, 5.74) is 13.1. The molecular weight excluding hydrogens is 124 g/mol. The van der Waals surface area contributed by atoms with Gasteiger partial charge in [-0.2, -0.15) is 0 Å². The fourth-order valence-corrected chi connectivity index (χ4v) is 0.636. The van der Waals surface area contributed by atoms with E-state index in [0.29, 0.717) is 13.1 Å². The first-order chi connectivity index (χ1) is 4.74. The summed E-state index contributed by atoms with van der Waals surface area (Å²) in [4.78, 5) is 0. The molecular formula is C8H16N2. The van der Waals surface area contributed by atoms with Gasteiger partial charge in [-0.3, -0.25) is 0 Å². The second-order valence-corrected chi connectivity index (χ2v) is 2.26. The third-order valence-electron chi connectivity index (χ3n) is 1.36. The summed E-state index contributed by atoms with van der Waals surface area (Å²) >= 11 is 0. The number of hydrogen-bond donors (Lipinski definition) is 2. The van der Waals surface area contributed by atoms with Crippen LogP contribution in [-0.2, 0) is 0 Å². The Bertz CT molecular complexity index is 145. The maximum Gasteiger partial charge on any atom is 0.0174 e. The molecule has 0 spiro atoms. The summed E-state index contributed by atoms with van der Waals surface area (Å²) in [5, 5.41) is 0. The molecule has 0 saturated heterocycles. The Morgan fingerprint density at radius 2 is 1.90 bits per heavy atom. The van der Waals surface area contributed by atoms with E-state index < -0.39 is 0 Å². The van der Waals surface area contributed by atoms with Gasteiger partial charge in [0.05, 0.1) is 0 Å². The first-order valence-corrected chi connectivity index (χ1v) is 3.47. The molecule has 0 rings (SSSR count). The highest BCUT2D eigenvalue weighted by atomic mass is 14.5. The molecule has 0 saturated carbocycles. The largest absolute Gasteiger partial charge is 0.327 e. The molecule has 0 radical (unpaired) electrons. The maximum absolute atomic E-state index is 5.43. The van der Waals surface area contributed by atoms with Crippen molar-refractivity contribution in [3.8, 4) is 0 Å². The van der Waals surface area contributed by atoms with E-state index >= 15 is 0 Å². The number of hydrogen-bond acceptors (Lipinski definition) is 2. The molecule has 10 heavy (non-hydrogen) atoms. The van der Waals surface area contributed by atoms with Crippen molar-refractivity contribution in [2.75, 3.05) is 13.1 Å². The van der Waals surface area contributed by atoms with Crippen LogP contribution in [0.4, 0.5) is 0 Å². The predicted octanol–water partition coefficient (Wildman–Crippen LogP) is 0.796. The minimum atomic E-state index is 0.591. The molecule has 0 amide bonds. The van der Waals surface area contributed by atoms with E-state index in [0.717, 1.165) is 5.57 Å². The van der Waals surface area contributed by atoms with Crippen molar-refractivity contribution in [1.29, 1.82) is 0 Å². The molecule has 0 unspecified atom stereocenters. The fourth-order valence-electron chi connectivity index (χ4n) is 0.636. The van der Waals surface area contributed by atoms with E-state index in [1.54, 1.807) is 0 Å². The Hall–Kier alpha value is -0.600. The molecule has 0 aromatic heterocycles. The third-order valence-corrected chi connectivity index (χ3v) is 1.36. The van der Waals surface area contributed by atoms with Crippen molar-refractivity contribution in [3.63, 3.8) is 0 Å². The van der Waals surface area contributed by atoms with Crippen LogP contribution in [0.25, 0.3) is 0 Å². The smallest absolute Gasteiger partial charge is 0.0174 e. The van der Waals surface area contributed by atoms with Crippen molar-refractivity contribution in [2.45, 2.75) is 13.8 Å². The standard InChI is InChI=1S/C8H16N2/c1-3-8(6-10)4-7(2)5-9/h3-4H,5-6,9-10H2,1-2H3/b7-4+,8-3+. The van der Waals surface area contributed by atoms with E-state index in [2.05, 4.69) is 0 Å². The highest BCUT2D eigenvalue weighted by Gasteiger charge is 1.87. The summed E-state index contributed by atoms with van der Waals surface area (Å²) in [6, 6.07) is 0. The number of rotatable bonds is 3. The lowest BCUT2D eigenvalue weighted by Crippen LogP contribution is -2.04. The summed E-state index contributed by atoms with van der Waals surface area (Å²) in [7, 11) is 0. The summed E-state index contributed by atoms with van der Waals surface area (Å²) < 4.78 is 0. The lowest BCUT2D eigenvalue weighted by molar-refractivity contribution is 1.11. The van der Waals surface area contributed by atoms with Gasteiger partial charge < -0.3 is 11.5 Å². The van der Waals surface area contributed by atoms with Crippen LogP contribution in [-0.4, -0.2) is 13.1 Å². The Morgan fingerprint density at radius 3 is 2.20 bits per heavy atom. The van der Waals surface area contributed by atoms with Gasteiger partial charge in [-0.05, 0) is 19.4 Å². The van der Waals surface area contributed by atoms with Crippen LogP contribution in [0.15, 0.2) is 23.3 Å². The molecule has 0 aromatic rings. The van der Waals surface area contributed by atoms with Crippen LogP contribution < -0.4 is 11.5 Å². The van der Waals surface area contributed by atoms with Gasteiger partial charge in [0.15, 0.2) is 0 Å². The maximum atomic E-state index is 5.43. The van der Waals surface area contributed by atoms with E-state index in [1.807, 2.05) is 26.0 Å². The Balaban J connectivity index is 4.08. The van der Waals surface area contributed by atoms with Crippen LogP contribution >= 0.6 is 0 Å². The van der Waals surface area contributed by atoms with Crippen LogP contribution in [0.5, 0.6) is 0 Å². The highest BCUT2D eigenvalue weighted by molar-refractivity contribution is 5.23. The Morgan fingerprint density at radius 1 is 1.30 bits per heavy atom. The zero-order valence-electron chi connectivity index (χ0n) is 6.72. The van der Waals surface area contributed by atoms with E-state index in [4.69, 9.17) is 11.5 Å². The molecule has 0 aromatic carbocycles. The molecule has 0 atom stereocenters. The lowest BCUT2D eigenvalue weighted by atomic mass is 10.1. The highest BCUT2D eigenvalue weighted by Crippen LogP contribution is 1.98. The zero-order chi connectivity index (χ0) is 7.98. The van der Waals surface area contributed by atoms with Gasteiger partial charge >= 0.3 is 0 Å². The number of allylic oxidation sites excluding steroid dienone is 1. The molecule has 0 fully saturated rings. The van der Waals surface area contributed by atoms with Gasteiger partial charge in [0.1, 0.15) is 0 Å². The van der Waals surface area contributed by atoms with E-state index in [-0.39, 0.29) is 0 Å². The molecule has 58 valence electrons. The molecule has 0 bridgehead atoms. The predicted molar refractivity (Wildman–Crippen MR) is 45.6 cm³/mol. The molecule has 2 heteroatoms. The lowest BCUT2D eigenvalue weighted by Gasteiger charge is -1.97. The van der Waals surface area contributed by atoms with Crippen LogP contribution in [0.3, 0.4) is 0 Å². The van der Waals surface area contributed by atoms with Gasteiger partial charge in [-0.25, -0.2) is 0 Å². The third kappa shape index (κ3) is 3.43. The summed E-state index contributed by atoms with van der Waals surface area (Å²) in [6.07, 6.45) is 4.03. The average Bonchev–Trinajstić information content (AvgIpc) is 1.99. The normalized spacial score (nSPS) is 14.0. The van der Waals surface area contributed by atoms with Crippen molar-refractivity contribution >= 4 is 0 Å². The molecule has 0 aliphatic carbocycles. The quantitative estimate of drug-likeness (QED) is 0.570. The van der Waals surface area contributed by atoms with Gasteiger partial charge in [0.25, 0.3) is 0 Å². The van der Waals surface area contributed by atoms with Crippen LogP contribution in [0, 0.1) is 0 Å². The number of nitrogens with two attached hydrogens (primary N) is 2. The Labute approximate surface area is 62.6 Å². The van der Waals surface area contributed by atoms with Gasteiger partial charge in [-0.15, -0.1) is 0 Å². The Kier molecular flexibility index (Phi) is 4.89. The molecule has 4 N–H and O–H groups in total. The first kappa shape index (κ1) is 9.40. The van der Waals surface area contributed by atoms with E-state index in [1.165, 1.54) is 5.57 Å². The molecule has 0 heterocycles. The van der Waals surface area contributed by atoms with Gasteiger partial charge in [0, 0.05) is 13.1 Å². The van der Waals surface area contributed by atoms with E-state index in [9.17, 15) is 0 Å². The van der Waals surface area contributed by atoms with Gasteiger partial charge in [0.2, 0.25) is 0 Å². The SMILES string of the molecule is C/C=C(\C=C(/C)CN)CN. The molecule has 0 aliphatic rings. The fraction of sp³-hybridized carbons (Fsp3) is 0.500. The van der Waals surface area contributed by atoms with Crippen molar-refractivity contribution in [1.82, 2.24) is 0 Å². The monoisotopic (exact) mass is 140 g/mol. The molecule has 0 aliphatic heterocycles. The van der Waals surface area contributed by atoms with Gasteiger partial charge in [-0.1, -0.05) is 17.7 Å². The van der Waals surface area contributed by atoms with Crippen molar-refractivity contribution in [2.24, 2.45) is 11.5 Å². The topological polar surface area (TPSA) is 52.0 Å². The van der Waals surface area contributed by atoms with Crippen molar-refractivity contribution < 1.29 is 0 Å². The minimum absolute atomic E-state index is 0.591. The average molecular weight is 140 g/mol. The van der Waals surface area contributed by atoms with Crippen molar-refractivity contribution in [3.05, 3.63) is 23.3 Å². The second-order valence-electron chi connectivity index (χ2n) is 2.26.